The first-order valence-electron chi connectivity index (χ1n) is 11.3. The minimum absolute atomic E-state index is 0.0117. The summed E-state index contributed by atoms with van der Waals surface area (Å²) >= 11 is 0. The zero-order chi connectivity index (χ0) is 23.0. The van der Waals surface area contributed by atoms with Gasteiger partial charge in [-0.2, -0.15) is 5.26 Å². The summed E-state index contributed by atoms with van der Waals surface area (Å²) in [6, 6.07) is 9.29. The fourth-order valence-corrected chi connectivity index (χ4v) is 4.21. The zero-order valence-electron chi connectivity index (χ0n) is 18.5. The fourth-order valence-electron chi connectivity index (χ4n) is 4.21. The molecule has 1 atom stereocenters. The van der Waals surface area contributed by atoms with Crippen LogP contribution in [0.5, 0.6) is 0 Å². The van der Waals surface area contributed by atoms with Crippen LogP contribution in [-0.2, 0) is 9.59 Å². The van der Waals surface area contributed by atoms with E-state index in [0.29, 0.717) is 18.7 Å². The number of amides is 2. The van der Waals surface area contributed by atoms with Crippen LogP contribution in [0, 0.1) is 17.4 Å². The molecule has 0 bridgehead atoms. The van der Waals surface area contributed by atoms with E-state index in [1.165, 1.54) is 0 Å². The number of hydrogen-bond acceptors (Lipinski definition) is 5. The van der Waals surface area contributed by atoms with Gasteiger partial charge in [0.1, 0.15) is 0 Å². The van der Waals surface area contributed by atoms with Gasteiger partial charge in [0.2, 0.25) is 17.8 Å². The van der Waals surface area contributed by atoms with Gasteiger partial charge in [0.25, 0.3) is 0 Å². The molecule has 4 rings (SSSR count). The van der Waals surface area contributed by atoms with Gasteiger partial charge in [0.05, 0.1) is 23.7 Å². The lowest BCUT2D eigenvalue weighted by Gasteiger charge is -2.25. The summed E-state index contributed by atoms with van der Waals surface area (Å²) in [7, 11) is 0. The molecule has 170 valence electrons. The Morgan fingerprint density at radius 1 is 1.21 bits per heavy atom. The first-order chi connectivity index (χ1) is 16.1. The number of hydrogen-bond donors (Lipinski definition) is 1. The average Bonchev–Trinajstić information content (AvgIpc) is 3.32. The second kappa shape index (κ2) is 10.7. The third kappa shape index (κ3) is 5.71. The summed E-state index contributed by atoms with van der Waals surface area (Å²) in [4.78, 5) is 42.2. The summed E-state index contributed by atoms with van der Waals surface area (Å²) in [5.41, 5.74) is 1.47. The fraction of sp³-hybridized carbons (Fsp3) is 0.417. The van der Waals surface area contributed by atoms with E-state index in [0.717, 1.165) is 49.7 Å². The molecule has 1 aromatic carbocycles. The van der Waals surface area contributed by atoms with Crippen LogP contribution in [-0.4, -0.2) is 65.0 Å². The van der Waals surface area contributed by atoms with Crippen molar-refractivity contribution in [1.82, 2.24) is 20.1 Å². The molecule has 9 nitrogen and oxygen atoms in total. The number of pyridine rings is 1. The van der Waals surface area contributed by atoms with Crippen molar-refractivity contribution >= 4 is 40.6 Å². The van der Waals surface area contributed by atoms with Crippen LogP contribution in [0.3, 0.4) is 0 Å². The predicted octanol–water partition coefficient (Wildman–Crippen LogP) is 2.61. The Hall–Kier alpha value is -3.80. The molecule has 2 saturated heterocycles. The number of nitrogens with zero attached hydrogens (tertiary/aromatic N) is 6. The Morgan fingerprint density at radius 2 is 2.03 bits per heavy atom. The van der Waals surface area contributed by atoms with E-state index in [1.54, 1.807) is 23.4 Å². The molecule has 33 heavy (non-hydrogen) atoms. The van der Waals surface area contributed by atoms with Gasteiger partial charge < -0.3 is 9.80 Å². The van der Waals surface area contributed by atoms with Crippen molar-refractivity contribution in [2.45, 2.75) is 32.1 Å². The standard InChI is InChI=1S/C24H27N7O2/c25-17-28-24(29-20-8-9-21-18(14-20)7-5-10-26-21)27-15-19-6-1-2-13-31(23(19)33)16-22(32)30-11-3-4-12-30/h5,7-10,14-15,19H,1-4,6,11-13,16H2,(H,28,29)/b27-15+. The van der Waals surface area contributed by atoms with Crippen molar-refractivity contribution in [3.8, 4) is 6.19 Å². The maximum Gasteiger partial charge on any atom is 0.242 e. The second-order valence-corrected chi connectivity index (χ2v) is 8.28. The van der Waals surface area contributed by atoms with Gasteiger partial charge in [0, 0.05) is 37.4 Å². The lowest BCUT2D eigenvalue weighted by molar-refractivity contribution is -0.140. The number of aliphatic imine (C=N–C) groups is 2. The molecule has 0 spiro atoms. The SMILES string of the molecule is N#CNC(=Nc1ccc2ncccc2c1)/N=C/C1CCCCN(CC(=O)N2CCCC2)C1=O. The van der Waals surface area contributed by atoms with Gasteiger partial charge in [0.15, 0.2) is 6.19 Å². The lowest BCUT2D eigenvalue weighted by Crippen LogP contribution is -2.44. The molecule has 2 aliphatic rings. The summed E-state index contributed by atoms with van der Waals surface area (Å²) in [6.07, 6.45) is 9.55. The number of nitrogens with one attached hydrogen (secondary N) is 1. The highest BCUT2D eigenvalue weighted by molar-refractivity contribution is 6.00. The van der Waals surface area contributed by atoms with Gasteiger partial charge in [-0.05, 0) is 49.9 Å². The highest BCUT2D eigenvalue weighted by Gasteiger charge is 2.29. The van der Waals surface area contributed by atoms with Crippen LogP contribution >= 0.6 is 0 Å². The molecule has 1 aromatic heterocycles. The number of carbonyl (C=O) groups is 2. The quantitative estimate of drug-likeness (QED) is 0.336. The van der Waals surface area contributed by atoms with Crippen LogP contribution < -0.4 is 5.32 Å². The van der Waals surface area contributed by atoms with Crippen LogP contribution in [0.1, 0.15) is 32.1 Å². The molecule has 2 aliphatic heterocycles. The maximum atomic E-state index is 13.1. The van der Waals surface area contributed by atoms with E-state index in [1.807, 2.05) is 35.4 Å². The van der Waals surface area contributed by atoms with Crippen molar-refractivity contribution in [2.24, 2.45) is 15.9 Å². The Kier molecular flexibility index (Phi) is 7.25. The molecular formula is C24H27N7O2. The minimum Gasteiger partial charge on any atom is -0.341 e. The second-order valence-electron chi connectivity index (χ2n) is 8.28. The number of rotatable bonds is 4. The van der Waals surface area contributed by atoms with Crippen molar-refractivity contribution in [2.75, 3.05) is 26.2 Å². The van der Waals surface area contributed by atoms with Gasteiger partial charge in [-0.25, -0.2) is 9.98 Å². The number of fused-ring (bicyclic) bond motifs is 1. The van der Waals surface area contributed by atoms with Crippen molar-refractivity contribution in [3.05, 3.63) is 36.5 Å². The van der Waals surface area contributed by atoms with E-state index >= 15 is 0 Å². The number of benzene rings is 1. The zero-order valence-corrected chi connectivity index (χ0v) is 18.5. The van der Waals surface area contributed by atoms with Crippen LogP contribution in [0.25, 0.3) is 10.9 Å². The molecule has 0 saturated carbocycles. The summed E-state index contributed by atoms with van der Waals surface area (Å²) < 4.78 is 0. The van der Waals surface area contributed by atoms with E-state index in [9.17, 15) is 9.59 Å². The van der Waals surface area contributed by atoms with E-state index < -0.39 is 5.92 Å². The van der Waals surface area contributed by atoms with Crippen LogP contribution in [0.4, 0.5) is 5.69 Å². The largest absolute Gasteiger partial charge is 0.341 e. The van der Waals surface area contributed by atoms with E-state index in [4.69, 9.17) is 5.26 Å². The Morgan fingerprint density at radius 3 is 2.85 bits per heavy atom. The van der Waals surface area contributed by atoms with Gasteiger partial charge in [-0.15, -0.1) is 0 Å². The number of guanidine groups is 1. The molecule has 9 heteroatoms. The Labute approximate surface area is 192 Å². The van der Waals surface area contributed by atoms with Gasteiger partial charge in [-0.1, -0.05) is 12.5 Å². The third-order valence-electron chi connectivity index (χ3n) is 5.97. The first kappa shape index (κ1) is 22.4. The number of aromatic nitrogens is 1. The average molecular weight is 446 g/mol. The van der Waals surface area contributed by atoms with E-state index in [2.05, 4.69) is 20.3 Å². The van der Waals surface area contributed by atoms with Gasteiger partial charge in [-0.3, -0.25) is 19.9 Å². The number of nitriles is 1. The molecule has 0 aliphatic carbocycles. The topological polar surface area (TPSA) is 114 Å². The van der Waals surface area contributed by atoms with Crippen LogP contribution in [0.2, 0.25) is 0 Å². The molecule has 1 unspecified atom stereocenters. The molecular weight excluding hydrogens is 418 g/mol. The van der Waals surface area contributed by atoms with Crippen molar-refractivity contribution < 1.29 is 9.59 Å². The monoisotopic (exact) mass is 445 g/mol. The summed E-state index contributed by atoms with van der Waals surface area (Å²) in [5, 5.41) is 12.5. The molecule has 2 amide bonds. The summed E-state index contributed by atoms with van der Waals surface area (Å²) in [5.74, 6) is -0.433. The number of carbonyl (C=O) groups excluding carboxylic acids is 2. The smallest absolute Gasteiger partial charge is 0.242 e. The van der Waals surface area contributed by atoms with E-state index in [-0.39, 0.29) is 24.3 Å². The van der Waals surface area contributed by atoms with Crippen molar-refractivity contribution in [1.29, 1.82) is 5.26 Å². The molecule has 1 N–H and O–H groups in total. The first-order valence-corrected chi connectivity index (χ1v) is 11.3. The molecule has 0 radical (unpaired) electrons. The normalized spacial score (nSPS) is 19.7. The molecule has 2 fully saturated rings. The highest BCUT2D eigenvalue weighted by Crippen LogP contribution is 2.20. The van der Waals surface area contributed by atoms with Gasteiger partial charge >= 0.3 is 0 Å². The minimum atomic E-state index is -0.453. The Balaban J connectivity index is 1.48. The van der Waals surface area contributed by atoms with Crippen molar-refractivity contribution in [3.63, 3.8) is 0 Å². The van der Waals surface area contributed by atoms with Crippen LogP contribution in [0.15, 0.2) is 46.5 Å². The maximum absolute atomic E-state index is 13.1. The predicted molar refractivity (Wildman–Crippen MR) is 126 cm³/mol. The number of likely N-dealkylation sites (tertiary alicyclic amines) is 2. The highest BCUT2D eigenvalue weighted by atomic mass is 16.2. The summed E-state index contributed by atoms with van der Waals surface area (Å²) in [6.45, 7) is 2.24. The molecule has 2 aromatic rings. The lowest BCUT2D eigenvalue weighted by atomic mass is 10.0. The third-order valence-corrected chi connectivity index (χ3v) is 5.97. The Bertz CT molecular complexity index is 1120. The molecule has 3 heterocycles.